The van der Waals surface area contributed by atoms with Gasteiger partial charge in [0.2, 0.25) is 5.88 Å². The Bertz CT molecular complexity index is 1050. The van der Waals surface area contributed by atoms with Gasteiger partial charge in [-0.3, -0.25) is 9.47 Å². The van der Waals surface area contributed by atoms with E-state index in [0.29, 0.717) is 29.9 Å². The van der Waals surface area contributed by atoms with E-state index in [1.54, 1.807) is 36.3 Å². The lowest BCUT2D eigenvalue weighted by atomic mass is 10.2. The number of hydrogen-bond acceptors (Lipinski definition) is 6. The quantitative estimate of drug-likeness (QED) is 0.863. The number of aromatic nitrogens is 3. The van der Waals surface area contributed by atoms with Gasteiger partial charge in [-0.15, -0.1) is 0 Å². The maximum Gasteiger partial charge on any atom is 0.410 e. The summed E-state index contributed by atoms with van der Waals surface area (Å²) >= 11 is 0. The number of imidazole rings is 1. The van der Waals surface area contributed by atoms with E-state index < -0.39 is 12.1 Å². The lowest BCUT2D eigenvalue weighted by Gasteiger charge is -2.27. The molecule has 2 bridgehead atoms. The summed E-state index contributed by atoms with van der Waals surface area (Å²) in [6.45, 7) is 5.64. The zero-order chi connectivity index (χ0) is 19.5. The number of carbonyl (C=O) groups is 1. The maximum atomic E-state index is 12.9. The van der Waals surface area contributed by atoms with Gasteiger partial charge in [-0.1, -0.05) is 0 Å². The fourth-order valence-corrected chi connectivity index (χ4v) is 3.95. The first-order valence-electron chi connectivity index (χ1n) is 8.74. The minimum absolute atomic E-state index is 0.197. The lowest BCUT2D eigenvalue weighted by molar-refractivity contribution is 0.0688. The molecule has 140 valence electrons. The minimum atomic E-state index is -0.445. The lowest BCUT2D eigenvalue weighted by Crippen LogP contribution is -2.38. The molecule has 0 radical (unpaired) electrons. The Kier molecular flexibility index (Phi) is 3.73. The molecular formula is C18H19N5O4. The van der Waals surface area contributed by atoms with Crippen molar-refractivity contribution in [2.45, 2.75) is 45.4 Å². The first-order chi connectivity index (χ1) is 12.8. The van der Waals surface area contributed by atoms with E-state index in [9.17, 15) is 14.7 Å². The molecule has 0 aromatic carbocycles. The van der Waals surface area contributed by atoms with E-state index in [0.717, 1.165) is 0 Å². The van der Waals surface area contributed by atoms with Crippen LogP contribution in [0.1, 0.15) is 49.3 Å². The Labute approximate surface area is 155 Å². The largest absolute Gasteiger partial charge is 0.493 e. The molecule has 0 saturated carbocycles. The Hall–Kier alpha value is -3.28. The van der Waals surface area contributed by atoms with Crippen molar-refractivity contribution in [3.63, 3.8) is 0 Å². The number of pyridine rings is 1. The van der Waals surface area contributed by atoms with E-state index in [4.69, 9.17) is 10.00 Å². The molecule has 27 heavy (non-hydrogen) atoms. The number of aryl methyl sites for hydroxylation is 1. The van der Waals surface area contributed by atoms with Gasteiger partial charge < -0.3 is 9.84 Å². The molecule has 2 atom stereocenters. The number of carbonyl (C=O) groups excluding carboxylic acids is 1. The van der Waals surface area contributed by atoms with Crippen LogP contribution in [0.25, 0.3) is 5.69 Å². The standard InChI is InChI=1S/C18H19N5O4/c1-9(2)27-18(26)21-8-12-5-14(21)15-16(24)23(17(25)22(12)15)11-4-10(3)13(6-19)20-7-11/h4,7,9,12,14,24H,5,8H2,1-3H3/t12-,14-/m0/s1. The van der Waals surface area contributed by atoms with Crippen molar-refractivity contribution in [1.82, 2.24) is 19.0 Å². The van der Waals surface area contributed by atoms with Crippen LogP contribution in [0.3, 0.4) is 0 Å². The van der Waals surface area contributed by atoms with E-state index in [1.807, 2.05) is 6.07 Å². The molecule has 0 spiro atoms. The Morgan fingerprint density at radius 3 is 2.85 bits per heavy atom. The molecule has 1 amide bonds. The highest BCUT2D eigenvalue weighted by molar-refractivity contribution is 5.69. The average molecular weight is 369 g/mol. The second-order valence-electron chi connectivity index (χ2n) is 7.16. The summed E-state index contributed by atoms with van der Waals surface area (Å²) < 4.78 is 8.00. The van der Waals surface area contributed by atoms with Crippen LogP contribution >= 0.6 is 0 Å². The highest BCUT2D eigenvalue weighted by atomic mass is 16.6. The summed E-state index contributed by atoms with van der Waals surface area (Å²) in [4.78, 5) is 30.9. The third-order valence-electron chi connectivity index (χ3n) is 5.06. The number of nitriles is 1. The summed E-state index contributed by atoms with van der Waals surface area (Å²) in [6, 6.07) is 3.01. The number of amides is 1. The zero-order valence-electron chi connectivity index (χ0n) is 15.2. The molecule has 0 aliphatic carbocycles. The van der Waals surface area contributed by atoms with Crippen LogP contribution in [0.15, 0.2) is 17.1 Å². The summed E-state index contributed by atoms with van der Waals surface area (Å²) in [5.41, 5.74) is 1.29. The van der Waals surface area contributed by atoms with Gasteiger partial charge in [-0.2, -0.15) is 5.26 Å². The van der Waals surface area contributed by atoms with Gasteiger partial charge in [0.25, 0.3) is 0 Å². The summed E-state index contributed by atoms with van der Waals surface area (Å²) in [7, 11) is 0. The molecule has 1 N–H and O–H groups in total. The summed E-state index contributed by atoms with van der Waals surface area (Å²) in [6.07, 6.45) is 1.27. The number of fused-ring (bicyclic) bond motifs is 5. The van der Waals surface area contributed by atoms with Crippen LogP contribution in [0.5, 0.6) is 5.88 Å². The fourth-order valence-electron chi connectivity index (χ4n) is 3.95. The van der Waals surface area contributed by atoms with Crippen LogP contribution in [0.2, 0.25) is 0 Å². The molecular weight excluding hydrogens is 350 g/mol. The first kappa shape index (κ1) is 17.1. The Morgan fingerprint density at radius 2 is 2.22 bits per heavy atom. The molecule has 2 aliphatic heterocycles. The van der Waals surface area contributed by atoms with Crippen molar-refractivity contribution in [3.8, 4) is 17.6 Å². The van der Waals surface area contributed by atoms with Gasteiger partial charge in [0, 0.05) is 6.54 Å². The molecule has 1 saturated heterocycles. The number of hydrogen-bond donors (Lipinski definition) is 1. The monoisotopic (exact) mass is 369 g/mol. The number of ether oxygens (including phenoxy) is 1. The van der Waals surface area contributed by atoms with Crippen molar-refractivity contribution >= 4 is 6.09 Å². The number of rotatable bonds is 2. The second-order valence-corrected chi connectivity index (χ2v) is 7.16. The van der Waals surface area contributed by atoms with Crippen molar-refractivity contribution < 1.29 is 14.6 Å². The third-order valence-corrected chi connectivity index (χ3v) is 5.06. The number of nitrogens with zero attached hydrogens (tertiary/aromatic N) is 5. The average Bonchev–Trinajstić information content (AvgIpc) is 3.26. The van der Waals surface area contributed by atoms with Crippen LogP contribution in [0.4, 0.5) is 4.79 Å². The molecule has 4 heterocycles. The minimum Gasteiger partial charge on any atom is -0.493 e. The van der Waals surface area contributed by atoms with Crippen molar-refractivity contribution in [1.29, 1.82) is 5.26 Å². The van der Waals surface area contributed by atoms with Crippen LogP contribution < -0.4 is 5.69 Å². The molecule has 2 aromatic heterocycles. The van der Waals surface area contributed by atoms with E-state index in [1.165, 1.54) is 10.8 Å². The molecule has 2 aliphatic rings. The van der Waals surface area contributed by atoms with Gasteiger partial charge in [-0.05, 0) is 38.8 Å². The molecule has 1 fully saturated rings. The third kappa shape index (κ3) is 2.40. The molecule has 9 heteroatoms. The topological polar surface area (TPSA) is 113 Å². The number of aromatic hydroxyl groups is 1. The fraction of sp³-hybridized carbons (Fsp3) is 0.444. The summed E-state index contributed by atoms with van der Waals surface area (Å²) in [5, 5.41) is 19.8. The molecule has 4 rings (SSSR count). The SMILES string of the molecule is Cc1cc(-n2c(O)c3n(c2=O)[C@H]2C[C@@H]3N(C(=O)OC(C)C)C2)cnc1C#N. The van der Waals surface area contributed by atoms with E-state index in [-0.39, 0.29) is 29.4 Å². The van der Waals surface area contributed by atoms with E-state index in [2.05, 4.69) is 4.98 Å². The predicted molar refractivity (Wildman–Crippen MR) is 93.7 cm³/mol. The van der Waals surface area contributed by atoms with Gasteiger partial charge >= 0.3 is 11.8 Å². The highest BCUT2D eigenvalue weighted by Crippen LogP contribution is 2.48. The van der Waals surface area contributed by atoms with E-state index >= 15 is 0 Å². The van der Waals surface area contributed by atoms with Crippen LogP contribution in [0, 0.1) is 18.3 Å². The van der Waals surface area contributed by atoms with Crippen LogP contribution in [-0.4, -0.2) is 42.9 Å². The molecule has 2 aromatic rings. The molecule has 9 nitrogen and oxygen atoms in total. The predicted octanol–water partition coefficient (Wildman–Crippen LogP) is 1.77. The van der Waals surface area contributed by atoms with Gasteiger partial charge in [-0.25, -0.2) is 19.1 Å². The number of likely N-dealkylation sites (tertiary alicyclic amines) is 1. The zero-order valence-corrected chi connectivity index (χ0v) is 15.2. The summed E-state index contributed by atoms with van der Waals surface area (Å²) in [5.74, 6) is -0.208. The normalized spacial score (nSPS) is 20.0. The second kappa shape index (κ2) is 5.87. The van der Waals surface area contributed by atoms with Crippen molar-refractivity contribution in [2.24, 2.45) is 0 Å². The van der Waals surface area contributed by atoms with Gasteiger partial charge in [0.1, 0.15) is 17.5 Å². The van der Waals surface area contributed by atoms with Gasteiger partial charge in [0.15, 0.2) is 0 Å². The highest BCUT2D eigenvalue weighted by Gasteiger charge is 2.49. The molecule has 0 unspecified atom stereocenters. The van der Waals surface area contributed by atoms with Crippen LogP contribution in [-0.2, 0) is 4.74 Å². The Balaban J connectivity index is 1.77. The van der Waals surface area contributed by atoms with Crippen molar-refractivity contribution in [3.05, 3.63) is 39.7 Å². The first-order valence-corrected chi connectivity index (χ1v) is 8.74. The Morgan fingerprint density at radius 1 is 1.48 bits per heavy atom. The van der Waals surface area contributed by atoms with Crippen molar-refractivity contribution in [2.75, 3.05) is 6.54 Å². The van der Waals surface area contributed by atoms with Gasteiger partial charge in [0.05, 0.1) is 30.1 Å². The smallest absolute Gasteiger partial charge is 0.410 e. The maximum absolute atomic E-state index is 12.9.